The Bertz CT molecular complexity index is 532. The van der Waals surface area contributed by atoms with Gasteiger partial charge in [0.1, 0.15) is 0 Å². The minimum Gasteiger partial charge on any atom is -0.454 e. The van der Waals surface area contributed by atoms with Crippen LogP contribution in [0.4, 0.5) is 0 Å². The Morgan fingerprint density at radius 3 is 2.75 bits per heavy atom. The van der Waals surface area contributed by atoms with Crippen LogP contribution >= 0.6 is 0 Å². The fourth-order valence-corrected chi connectivity index (χ4v) is 1.98. The van der Waals surface area contributed by atoms with Crippen LogP contribution < -0.4 is 20.9 Å². The van der Waals surface area contributed by atoms with Crippen LogP contribution in [0.1, 0.15) is 12.0 Å². The van der Waals surface area contributed by atoms with Crippen LogP contribution in [0.2, 0.25) is 0 Å². The first-order chi connectivity index (χ1) is 9.47. The molecule has 108 valence electrons. The molecule has 1 aromatic rings. The topological polar surface area (TPSA) is 108 Å². The molecule has 1 aliphatic rings. The summed E-state index contributed by atoms with van der Waals surface area (Å²) in [6.07, 6.45) is -0.162. The second-order valence-corrected chi connectivity index (χ2v) is 4.66. The number of rotatable bonds is 5. The van der Waals surface area contributed by atoms with Gasteiger partial charge in [0.2, 0.25) is 18.6 Å². The smallest absolute Gasteiger partial charge is 0.240 e. The minimum atomic E-state index is -0.911. The summed E-state index contributed by atoms with van der Waals surface area (Å²) in [6, 6.07) is 4.54. The molecule has 2 amide bonds. The standard InChI is InChI=1S/C13H17N3O4/c1-16(13(18)9(14)5-12(15)17)6-8-2-3-10-11(4-8)20-7-19-10/h2-4,9H,5-7,14H2,1H3,(H2,15,17). The van der Waals surface area contributed by atoms with Crippen molar-refractivity contribution in [3.63, 3.8) is 0 Å². The highest BCUT2D eigenvalue weighted by Crippen LogP contribution is 2.32. The third kappa shape index (κ3) is 3.18. The van der Waals surface area contributed by atoms with Gasteiger partial charge in [-0.3, -0.25) is 9.59 Å². The van der Waals surface area contributed by atoms with Crippen molar-refractivity contribution in [2.24, 2.45) is 11.5 Å². The van der Waals surface area contributed by atoms with Gasteiger partial charge < -0.3 is 25.8 Å². The number of hydrogen-bond donors (Lipinski definition) is 2. The number of carbonyl (C=O) groups is 2. The predicted molar refractivity (Wildman–Crippen MR) is 70.8 cm³/mol. The summed E-state index contributed by atoms with van der Waals surface area (Å²) >= 11 is 0. The highest BCUT2D eigenvalue weighted by atomic mass is 16.7. The molecule has 20 heavy (non-hydrogen) atoms. The molecular weight excluding hydrogens is 262 g/mol. The molecule has 0 aromatic heterocycles. The van der Waals surface area contributed by atoms with Crippen LogP contribution in [-0.4, -0.2) is 36.6 Å². The summed E-state index contributed by atoms with van der Waals surface area (Å²) < 4.78 is 10.5. The van der Waals surface area contributed by atoms with E-state index in [1.54, 1.807) is 13.1 Å². The molecule has 0 saturated carbocycles. The van der Waals surface area contributed by atoms with Gasteiger partial charge in [-0.1, -0.05) is 6.07 Å². The second kappa shape index (κ2) is 5.79. The molecule has 7 nitrogen and oxygen atoms in total. The summed E-state index contributed by atoms with van der Waals surface area (Å²) in [5.74, 6) is 0.418. The molecule has 0 fully saturated rings. The molecule has 0 spiro atoms. The maximum absolute atomic E-state index is 12.0. The SMILES string of the molecule is CN(Cc1ccc2c(c1)OCO2)C(=O)C(N)CC(N)=O. The molecule has 1 aromatic carbocycles. The Morgan fingerprint density at radius 1 is 1.35 bits per heavy atom. The third-order valence-electron chi connectivity index (χ3n) is 2.97. The fourth-order valence-electron chi connectivity index (χ4n) is 1.98. The van der Waals surface area contributed by atoms with E-state index >= 15 is 0 Å². The fraction of sp³-hybridized carbons (Fsp3) is 0.385. The van der Waals surface area contributed by atoms with Gasteiger partial charge in [0.25, 0.3) is 0 Å². The lowest BCUT2D eigenvalue weighted by Crippen LogP contribution is -2.43. The Labute approximate surface area is 116 Å². The largest absolute Gasteiger partial charge is 0.454 e. The van der Waals surface area contributed by atoms with Crippen molar-refractivity contribution < 1.29 is 19.1 Å². The molecule has 1 atom stereocenters. The number of carbonyl (C=O) groups excluding carboxylic acids is 2. The number of ether oxygens (including phenoxy) is 2. The molecule has 1 aliphatic heterocycles. The average Bonchev–Trinajstić information content (AvgIpc) is 2.84. The zero-order valence-corrected chi connectivity index (χ0v) is 11.2. The summed E-state index contributed by atoms with van der Waals surface area (Å²) in [5, 5.41) is 0. The van der Waals surface area contributed by atoms with Crippen molar-refractivity contribution in [2.45, 2.75) is 19.0 Å². The zero-order valence-electron chi connectivity index (χ0n) is 11.2. The van der Waals surface area contributed by atoms with E-state index in [0.717, 1.165) is 5.56 Å². The minimum absolute atomic E-state index is 0.162. The molecule has 0 radical (unpaired) electrons. The van der Waals surface area contributed by atoms with E-state index in [9.17, 15) is 9.59 Å². The van der Waals surface area contributed by atoms with Gasteiger partial charge in [0.15, 0.2) is 11.5 Å². The lowest BCUT2D eigenvalue weighted by molar-refractivity contribution is -0.133. The van der Waals surface area contributed by atoms with E-state index in [4.69, 9.17) is 20.9 Å². The van der Waals surface area contributed by atoms with Crippen LogP contribution in [0.25, 0.3) is 0 Å². The second-order valence-electron chi connectivity index (χ2n) is 4.66. The average molecular weight is 279 g/mol. The molecule has 1 heterocycles. The maximum atomic E-state index is 12.0. The van der Waals surface area contributed by atoms with Crippen molar-refractivity contribution >= 4 is 11.8 Å². The van der Waals surface area contributed by atoms with Crippen LogP contribution in [0, 0.1) is 0 Å². The van der Waals surface area contributed by atoms with Crippen LogP contribution in [-0.2, 0) is 16.1 Å². The predicted octanol–water partition coefficient (Wildman–Crippen LogP) is -0.424. The Hall–Kier alpha value is -2.28. The van der Waals surface area contributed by atoms with Crippen molar-refractivity contribution in [1.29, 1.82) is 0 Å². The lowest BCUT2D eigenvalue weighted by Gasteiger charge is -2.20. The summed E-state index contributed by atoms with van der Waals surface area (Å²) in [4.78, 5) is 24.2. The van der Waals surface area contributed by atoms with Crippen molar-refractivity contribution in [2.75, 3.05) is 13.8 Å². The van der Waals surface area contributed by atoms with Crippen molar-refractivity contribution in [3.8, 4) is 11.5 Å². The maximum Gasteiger partial charge on any atom is 0.240 e. The first-order valence-electron chi connectivity index (χ1n) is 6.14. The highest BCUT2D eigenvalue weighted by molar-refractivity contribution is 5.87. The first kappa shape index (κ1) is 14.1. The Balaban J connectivity index is 1.98. The van der Waals surface area contributed by atoms with E-state index in [1.165, 1.54) is 4.90 Å². The van der Waals surface area contributed by atoms with Gasteiger partial charge in [-0.25, -0.2) is 0 Å². The monoisotopic (exact) mass is 279 g/mol. The first-order valence-corrected chi connectivity index (χ1v) is 6.14. The lowest BCUT2D eigenvalue weighted by atomic mass is 10.1. The highest BCUT2D eigenvalue weighted by Gasteiger charge is 2.21. The molecule has 1 unspecified atom stereocenters. The van der Waals surface area contributed by atoms with Gasteiger partial charge in [-0.2, -0.15) is 0 Å². The molecule has 7 heteroatoms. The number of amides is 2. The van der Waals surface area contributed by atoms with E-state index < -0.39 is 11.9 Å². The van der Waals surface area contributed by atoms with Crippen molar-refractivity contribution in [1.82, 2.24) is 4.90 Å². The van der Waals surface area contributed by atoms with Gasteiger partial charge in [0.05, 0.1) is 12.5 Å². The van der Waals surface area contributed by atoms with Gasteiger partial charge in [0, 0.05) is 13.6 Å². The quantitative estimate of drug-likeness (QED) is 0.760. The van der Waals surface area contributed by atoms with E-state index in [0.29, 0.717) is 18.0 Å². The number of hydrogen-bond acceptors (Lipinski definition) is 5. The number of fused-ring (bicyclic) bond motifs is 1. The zero-order chi connectivity index (χ0) is 14.7. The molecule has 0 aliphatic carbocycles. The van der Waals surface area contributed by atoms with E-state index in [1.807, 2.05) is 12.1 Å². The van der Waals surface area contributed by atoms with Gasteiger partial charge in [-0.05, 0) is 17.7 Å². The molecule has 2 rings (SSSR count). The van der Waals surface area contributed by atoms with E-state index in [2.05, 4.69) is 0 Å². The van der Waals surface area contributed by atoms with Gasteiger partial charge in [-0.15, -0.1) is 0 Å². The van der Waals surface area contributed by atoms with Crippen LogP contribution in [0.15, 0.2) is 18.2 Å². The third-order valence-corrected chi connectivity index (χ3v) is 2.97. The number of benzene rings is 1. The normalized spacial score (nSPS) is 13.9. The summed E-state index contributed by atoms with van der Waals surface area (Å²) in [7, 11) is 1.62. The summed E-state index contributed by atoms with van der Waals surface area (Å²) in [5.41, 5.74) is 11.5. The Kier molecular flexibility index (Phi) is 4.09. The number of primary amides is 1. The van der Waals surface area contributed by atoms with Gasteiger partial charge >= 0.3 is 0 Å². The molecular formula is C13H17N3O4. The van der Waals surface area contributed by atoms with Crippen LogP contribution in [0.5, 0.6) is 11.5 Å². The van der Waals surface area contributed by atoms with E-state index in [-0.39, 0.29) is 19.1 Å². The molecule has 4 N–H and O–H groups in total. The van der Waals surface area contributed by atoms with Crippen molar-refractivity contribution in [3.05, 3.63) is 23.8 Å². The number of nitrogens with two attached hydrogens (primary N) is 2. The summed E-state index contributed by atoms with van der Waals surface area (Å²) in [6.45, 7) is 0.568. The van der Waals surface area contributed by atoms with Crippen LogP contribution in [0.3, 0.4) is 0 Å². The number of likely N-dealkylation sites (N-methyl/N-ethyl adjacent to an activating group) is 1. The molecule has 0 saturated heterocycles. The molecule has 0 bridgehead atoms. The number of nitrogens with zero attached hydrogens (tertiary/aromatic N) is 1. The Morgan fingerprint density at radius 2 is 2.05 bits per heavy atom.